The Bertz CT molecular complexity index is 773. The first-order valence-electron chi connectivity index (χ1n) is 6.63. The van der Waals surface area contributed by atoms with Crippen molar-refractivity contribution >= 4 is 28.3 Å². The number of aromatic nitrogens is 3. The normalized spacial score (nSPS) is 10.2. The summed E-state index contributed by atoms with van der Waals surface area (Å²) >= 11 is 2.29. The van der Waals surface area contributed by atoms with Crippen molar-refractivity contribution in [1.82, 2.24) is 14.9 Å². The van der Waals surface area contributed by atoms with Crippen LogP contribution in [0, 0.1) is 14.9 Å². The average Bonchev–Trinajstić information content (AvgIpc) is 3.09. The van der Waals surface area contributed by atoms with Crippen LogP contribution in [-0.2, 0) is 6.54 Å². The minimum Gasteiger partial charge on any atom is -0.274 e. The Kier molecular flexibility index (Phi) is 4.34. The topological polar surface area (TPSA) is 57.7 Å². The molecule has 2 aromatic carbocycles. The van der Waals surface area contributed by atoms with Crippen molar-refractivity contribution < 1.29 is 0 Å². The highest BCUT2D eigenvalue weighted by Gasteiger charge is 2.10. The van der Waals surface area contributed by atoms with Gasteiger partial charge in [-0.25, -0.2) is 4.68 Å². The molecule has 0 spiro atoms. The Hall–Kier alpha value is -2.40. The second-order valence-electron chi connectivity index (χ2n) is 4.68. The van der Waals surface area contributed by atoms with Gasteiger partial charge in [0, 0.05) is 3.57 Å². The highest BCUT2D eigenvalue weighted by atomic mass is 127. The highest BCUT2D eigenvalue weighted by Crippen LogP contribution is 2.19. The van der Waals surface area contributed by atoms with Crippen molar-refractivity contribution in [3.63, 3.8) is 0 Å². The van der Waals surface area contributed by atoms with Gasteiger partial charge in [0.15, 0.2) is 0 Å². The summed E-state index contributed by atoms with van der Waals surface area (Å²) in [5.74, 6) is 0. The molecule has 108 valence electrons. The molecule has 0 atom stereocenters. The van der Waals surface area contributed by atoms with Crippen LogP contribution in [0.25, 0.3) is 0 Å². The second-order valence-corrected chi connectivity index (χ2v) is 5.93. The summed E-state index contributed by atoms with van der Waals surface area (Å²) in [5.41, 5.74) is 2.79. The summed E-state index contributed by atoms with van der Waals surface area (Å²) in [7, 11) is 0. The number of benzene rings is 2. The van der Waals surface area contributed by atoms with Gasteiger partial charge in [-0.2, -0.15) is 5.26 Å². The Morgan fingerprint density at radius 3 is 2.23 bits per heavy atom. The van der Waals surface area contributed by atoms with Crippen molar-refractivity contribution in [2.45, 2.75) is 6.54 Å². The summed E-state index contributed by atoms with van der Waals surface area (Å²) in [5, 5.41) is 18.7. The maximum absolute atomic E-state index is 8.92. The lowest BCUT2D eigenvalue weighted by atomic mass is 10.2. The van der Waals surface area contributed by atoms with Gasteiger partial charge in [0.1, 0.15) is 12.7 Å². The minimum absolute atomic E-state index is 0.640. The maximum atomic E-state index is 8.92. The zero-order valence-electron chi connectivity index (χ0n) is 11.6. The first-order valence-corrected chi connectivity index (χ1v) is 7.71. The van der Waals surface area contributed by atoms with Crippen LogP contribution >= 0.6 is 22.6 Å². The molecule has 0 amide bonds. The standard InChI is InChI=1S/C16H12IN5/c17-15-5-1-14(2-6-15)10-22(21-11-19-20-12-21)16-7-3-13(9-18)4-8-16/h1-8,11-12H,10H2. The molecule has 1 aromatic heterocycles. The number of rotatable bonds is 4. The van der Waals surface area contributed by atoms with Gasteiger partial charge in [-0.15, -0.1) is 10.2 Å². The van der Waals surface area contributed by atoms with Crippen molar-refractivity contribution in [1.29, 1.82) is 5.26 Å². The molecule has 0 N–H and O–H groups in total. The molecular weight excluding hydrogens is 389 g/mol. The van der Waals surface area contributed by atoms with E-state index in [1.54, 1.807) is 24.8 Å². The molecule has 0 saturated heterocycles. The average molecular weight is 401 g/mol. The number of nitriles is 1. The number of anilines is 1. The van der Waals surface area contributed by atoms with Crippen molar-refractivity contribution in [2.24, 2.45) is 0 Å². The van der Waals surface area contributed by atoms with Crippen LogP contribution in [0.3, 0.4) is 0 Å². The van der Waals surface area contributed by atoms with Gasteiger partial charge in [0.05, 0.1) is 23.9 Å². The van der Waals surface area contributed by atoms with Crippen molar-refractivity contribution in [2.75, 3.05) is 5.01 Å². The molecule has 0 saturated carbocycles. The Morgan fingerprint density at radius 1 is 1.00 bits per heavy atom. The fraction of sp³-hybridized carbons (Fsp3) is 0.0625. The first kappa shape index (κ1) is 14.5. The van der Waals surface area contributed by atoms with Crippen LogP contribution in [0.15, 0.2) is 61.2 Å². The van der Waals surface area contributed by atoms with Gasteiger partial charge in [-0.3, -0.25) is 5.01 Å². The van der Waals surface area contributed by atoms with E-state index in [9.17, 15) is 0 Å². The van der Waals surface area contributed by atoms with E-state index >= 15 is 0 Å². The third-order valence-electron chi connectivity index (χ3n) is 3.23. The van der Waals surface area contributed by atoms with Crippen LogP contribution in [0.1, 0.15) is 11.1 Å². The smallest absolute Gasteiger partial charge is 0.139 e. The maximum Gasteiger partial charge on any atom is 0.139 e. The Labute approximate surface area is 141 Å². The predicted molar refractivity (Wildman–Crippen MR) is 91.9 cm³/mol. The molecule has 3 aromatic rings. The van der Waals surface area contributed by atoms with E-state index in [4.69, 9.17) is 5.26 Å². The van der Waals surface area contributed by atoms with Crippen LogP contribution < -0.4 is 5.01 Å². The molecule has 0 aliphatic rings. The molecule has 0 fully saturated rings. The zero-order valence-corrected chi connectivity index (χ0v) is 13.8. The number of halogens is 1. The lowest BCUT2D eigenvalue weighted by Crippen LogP contribution is -2.27. The quantitative estimate of drug-likeness (QED) is 0.630. The van der Waals surface area contributed by atoms with Gasteiger partial charge in [0.2, 0.25) is 0 Å². The van der Waals surface area contributed by atoms with E-state index in [2.05, 4.69) is 63.1 Å². The SMILES string of the molecule is N#Cc1ccc(N(Cc2ccc(I)cc2)n2cnnc2)cc1. The summed E-state index contributed by atoms with van der Waals surface area (Å²) in [6.45, 7) is 0.681. The third kappa shape index (κ3) is 3.26. The lowest BCUT2D eigenvalue weighted by molar-refractivity contribution is 0.686. The Balaban J connectivity index is 1.93. The molecule has 0 aliphatic heterocycles. The van der Waals surface area contributed by atoms with Crippen molar-refractivity contribution in [3.05, 3.63) is 75.9 Å². The van der Waals surface area contributed by atoms with Crippen LogP contribution in [0.5, 0.6) is 0 Å². The first-order chi connectivity index (χ1) is 10.8. The predicted octanol–water partition coefficient (Wildman–Crippen LogP) is 3.22. The fourth-order valence-electron chi connectivity index (χ4n) is 2.10. The van der Waals surface area contributed by atoms with Gasteiger partial charge < -0.3 is 0 Å². The zero-order chi connectivity index (χ0) is 15.4. The molecule has 6 heteroatoms. The molecule has 0 bridgehead atoms. The summed E-state index contributed by atoms with van der Waals surface area (Å²) in [6.07, 6.45) is 3.32. The van der Waals surface area contributed by atoms with Gasteiger partial charge in [-0.1, -0.05) is 12.1 Å². The van der Waals surface area contributed by atoms with E-state index in [0.717, 1.165) is 5.69 Å². The molecule has 5 nitrogen and oxygen atoms in total. The molecule has 0 unspecified atom stereocenters. The fourth-order valence-corrected chi connectivity index (χ4v) is 2.46. The van der Waals surface area contributed by atoms with Crippen LogP contribution in [-0.4, -0.2) is 14.9 Å². The van der Waals surface area contributed by atoms with Gasteiger partial charge >= 0.3 is 0 Å². The molecule has 3 rings (SSSR count). The van der Waals surface area contributed by atoms with Crippen LogP contribution in [0.2, 0.25) is 0 Å². The third-order valence-corrected chi connectivity index (χ3v) is 3.94. The summed E-state index contributed by atoms with van der Waals surface area (Å²) < 4.78 is 3.04. The van der Waals surface area contributed by atoms with Gasteiger partial charge in [0.25, 0.3) is 0 Å². The van der Waals surface area contributed by atoms with E-state index in [-0.39, 0.29) is 0 Å². The van der Waals surface area contributed by atoms with Crippen molar-refractivity contribution in [3.8, 4) is 6.07 Å². The van der Waals surface area contributed by atoms with E-state index in [0.29, 0.717) is 12.1 Å². The monoisotopic (exact) mass is 401 g/mol. The minimum atomic E-state index is 0.640. The molecule has 0 radical (unpaired) electrons. The molecule has 22 heavy (non-hydrogen) atoms. The second kappa shape index (κ2) is 6.58. The molecule has 1 heterocycles. The lowest BCUT2D eigenvalue weighted by Gasteiger charge is -2.25. The number of nitrogens with zero attached hydrogens (tertiary/aromatic N) is 5. The Morgan fingerprint density at radius 2 is 1.64 bits per heavy atom. The van der Waals surface area contributed by atoms with Gasteiger partial charge in [-0.05, 0) is 64.6 Å². The number of hydrogen-bond acceptors (Lipinski definition) is 4. The molecular formula is C16H12IN5. The number of hydrogen-bond donors (Lipinski definition) is 0. The molecule has 0 aliphatic carbocycles. The summed E-state index contributed by atoms with van der Waals surface area (Å²) in [6, 6.07) is 18.0. The van der Waals surface area contributed by atoms with E-state index in [1.165, 1.54) is 9.13 Å². The van der Waals surface area contributed by atoms with E-state index in [1.807, 2.05) is 21.8 Å². The highest BCUT2D eigenvalue weighted by molar-refractivity contribution is 14.1. The largest absolute Gasteiger partial charge is 0.274 e. The summed E-state index contributed by atoms with van der Waals surface area (Å²) in [4.78, 5) is 0. The van der Waals surface area contributed by atoms with Crippen LogP contribution in [0.4, 0.5) is 5.69 Å². The van der Waals surface area contributed by atoms with E-state index < -0.39 is 0 Å².